The molecule has 3 rings (SSSR count). The predicted molar refractivity (Wildman–Crippen MR) is 107 cm³/mol. The van der Waals surface area contributed by atoms with Gasteiger partial charge in [-0.15, -0.1) is 0 Å². The molecule has 1 heterocycles. The zero-order chi connectivity index (χ0) is 18.9. The molecule has 0 bridgehead atoms. The van der Waals surface area contributed by atoms with E-state index in [1.54, 1.807) is 7.11 Å². The summed E-state index contributed by atoms with van der Waals surface area (Å²) in [7, 11) is 1.68. The van der Waals surface area contributed by atoms with Crippen LogP contribution in [0.15, 0.2) is 53.5 Å². The lowest BCUT2D eigenvalue weighted by Gasteiger charge is -2.25. The van der Waals surface area contributed by atoms with E-state index in [-0.39, 0.29) is 6.10 Å². The minimum atomic E-state index is -0.0891. The molecule has 1 unspecified atom stereocenters. The zero-order valence-electron chi connectivity index (χ0n) is 15.9. The summed E-state index contributed by atoms with van der Waals surface area (Å²) in [4.78, 5) is 4.64. The number of methoxy groups -OCH3 is 1. The van der Waals surface area contributed by atoms with Gasteiger partial charge in [0.1, 0.15) is 12.4 Å². The smallest absolute Gasteiger partial charge is 0.191 e. The summed E-state index contributed by atoms with van der Waals surface area (Å²) in [6.07, 6.45) is 0.798. The lowest BCUT2D eigenvalue weighted by Crippen LogP contribution is -2.40. The molecule has 2 aromatic rings. The van der Waals surface area contributed by atoms with Gasteiger partial charge in [-0.3, -0.25) is 0 Å². The fourth-order valence-corrected chi connectivity index (χ4v) is 2.84. The minimum Gasteiger partial charge on any atom is -0.497 e. The molecule has 0 radical (unpaired) electrons. The molecular weight excluding hydrogens is 342 g/mol. The van der Waals surface area contributed by atoms with E-state index < -0.39 is 0 Å². The van der Waals surface area contributed by atoms with Gasteiger partial charge in [-0.1, -0.05) is 24.3 Å². The van der Waals surface area contributed by atoms with Crippen LogP contribution in [0.1, 0.15) is 12.5 Å². The largest absolute Gasteiger partial charge is 0.497 e. The van der Waals surface area contributed by atoms with Gasteiger partial charge in [-0.25, -0.2) is 4.99 Å². The van der Waals surface area contributed by atoms with Crippen LogP contribution in [-0.2, 0) is 6.42 Å². The van der Waals surface area contributed by atoms with E-state index in [4.69, 9.17) is 14.2 Å². The standard InChI is InChI=1S/C21H27N3O3/c1-3-22-21(23-12-11-16-7-6-8-17(13-16)25-2)24-14-18-15-26-19-9-4-5-10-20(19)27-18/h4-10,13,18H,3,11-12,14-15H2,1-2H3,(H2,22,23,24). The SMILES string of the molecule is CCNC(=NCC1COc2ccccc2O1)NCCc1cccc(OC)c1. The van der Waals surface area contributed by atoms with E-state index in [1.165, 1.54) is 5.56 Å². The third-order valence-electron chi connectivity index (χ3n) is 4.21. The average molecular weight is 369 g/mol. The molecule has 27 heavy (non-hydrogen) atoms. The van der Waals surface area contributed by atoms with E-state index in [0.29, 0.717) is 13.2 Å². The van der Waals surface area contributed by atoms with Gasteiger partial charge in [0.05, 0.1) is 13.7 Å². The summed E-state index contributed by atoms with van der Waals surface area (Å²) in [6, 6.07) is 15.8. The molecular formula is C21H27N3O3. The van der Waals surface area contributed by atoms with Crippen molar-refractivity contribution in [3.05, 3.63) is 54.1 Å². The Morgan fingerprint density at radius 1 is 1.15 bits per heavy atom. The average Bonchev–Trinajstić information content (AvgIpc) is 2.72. The highest BCUT2D eigenvalue weighted by molar-refractivity contribution is 5.79. The fraction of sp³-hybridized carbons (Fsp3) is 0.381. The summed E-state index contributed by atoms with van der Waals surface area (Å²) in [5.74, 6) is 3.23. The van der Waals surface area contributed by atoms with E-state index in [1.807, 2.05) is 36.4 Å². The number of benzene rings is 2. The van der Waals surface area contributed by atoms with Crippen LogP contribution in [-0.4, -0.2) is 45.4 Å². The van der Waals surface area contributed by atoms with E-state index in [0.717, 1.165) is 42.7 Å². The van der Waals surface area contributed by atoms with Crippen molar-refractivity contribution in [2.75, 3.05) is 33.4 Å². The van der Waals surface area contributed by atoms with Crippen LogP contribution >= 0.6 is 0 Å². The number of rotatable bonds is 7. The Labute approximate surface area is 160 Å². The molecule has 2 N–H and O–H groups in total. The number of para-hydroxylation sites is 2. The number of nitrogens with one attached hydrogen (secondary N) is 2. The van der Waals surface area contributed by atoms with Crippen LogP contribution in [0.4, 0.5) is 0 Å². The third-order valence-corrected chi connectivity index (χ3v) is 4.21. The van der Waals surface area contributed by atoms with Crippen molar-refractivity contribution < 1.29 is 14.2 Å². The molecule has 1 aliphatic rings. The van der Waals surface area contributed by atoms with Crippen molar-refractivity contribution in [1.29, 1.82) is 0 Å². The molecule has 6 nitrogen and oxygen atoms in total. The van der Waals surface area contributed by atoms with Crippen molar-refractivity contribution in [3.63, 3.8) is 0 Å². The monoisotopic (exact) mass is 369 g/mol. The first-order valence-electron chi connectivity index (χ1n) is 9.32. The molecule has 0 spiro atoms. The van der Waals surface area contributed by atoms with Gasteiger partial charge >= 0.3 is 0 Å². The van der Waals surface area contributed by atoms with Crippen LogP contribution in [0, 0.1) is 0 Å². The van der Waals surface area contributed by atoms with Crippen LogP contribution < -0.4 is 24.8 Å². The highest BCUT2D eigenvalue weighted by atomic mass is 16.6. The maximum absolute atomic E-state index is 5.96. The molecule has 0 saturated carbocycles. The Morgan fingerprint density at radius 2 is 2.00 bits per heavy atom. The van der Waals surface area contributed by atoms with Crippen molar-refractivity contribution in [3.8, 4) is 17.2 Å². The second-order valence-electron chi connectivity index (χ2n) is 6.25. The molecule has 0 amide bonds. The van der Waals surface area contributed by atoms with E-state index in [2.05, 4.69) is 34.7 Å². The summed E-state index contributed by atoms with van der Waals surface area (Å²) < 4.78 is 17.0. The normalized spacial score (nSPS) is 15.9. The first-order chi connectivity index (χ1) is 13.3. The Kier molecular flexibility index (Phi) is 6.79. The van der Waals surface area contributed by atoms with Crippen molar-refractivity contribution in [1.82, 2.24) is 10.6 Å². The van der Waals surface area contributed by atoms with Crippen LogP contribution in [0.2, 0.25) is 0 Å². The molecule has 1 aliphatic heterocycles. The van der Waals surface area contributed by atoms with Gasteiger partial charge in [0, 0.05) is 13.1 Å². The van der Waals surface area contributed by atoms with Crippen LogP contribution in [0.25, 0.3) is 0 Å². The quantitative estimate of drug-likeness (QED) is 0.580. The highest BCUT2D eigenvalue weighted by Crippen LogP contribution is 2.30. The van der Waals surface area contributed by atoms with Crippen molar-refractivity contribution in [2.24, 2.45) is 4.99 Å². The number of guanidine groups is 1. The number of fused-ring (bicyclic) bond motifs is 1. The summed E-state index contributed by atoms with van der Waals surface area (Å²) in [5.41, 5.74) is 1.22. The van der Waals surface area contributed by atoms with Gasteiger partial charge in [-0.05, 0) is 43.2 Å². The molecule has 6 heteroatoms. The van der Waals surface area contributed by atoms with Crippen molar-refractivity contribution >= 4 is 5.96 Å². The lowest BCUT2D eigenvalue weighted by molar-refractivity contribution is 0.0971. The molecule has 0 fully saturated rings. The van der Waals surface area contributed by atoms with Gasteiger partial charge in [0.25, 0.3) is 0 Å². The second kappa shape index (κ2) is 9.71. The van der Waals surface area contributed by atoms with E-state index in [9.17, 15) is 0 Å². The van der Waals surface area contributed by atoms with Crippen LogP contribution in [0.3, 0.4) is 0 Å². The molecule has 144 valence electrons. The minimum absolute atomic E-state index is 0.0891. The number of ether oxygens (including phenoxy) is 3. The molecule has 0 saturated heterocycles. The first-order valence-corrected chi connectivity index (χ1v) is 9.32. The number of hydrogen-bond acceptors (Lipinski definition) is 4. The number of nitrogens with zero attached hydrogens (tertiary/aromatic N) is 1. The maximum Gasteiger partial charge on any atom is 0.191 e. The first kappa shape index (κ1) is 18.9. The van der Waals surface area contributed by atoms with E-state index >= 15 is 0 Å². The highest BCUT2D eigenvalue weighted by Gasteiger charge is 2.20. The zero-order valence-corrected chi connectivity index (χ0v) is 15.9. The fourth-order valence-electron chi connectivity index (χ4n) is 2.84. The Balaban J connectivity index is 1.50. The van der Waals surface area contributed by atoms with Gasteiger partial charge in [-0.2, -0.15) is 0 Å². The van der Waals surface area contributed by atoms with Gasteiger partial charge in [0.2, 0.25) is 0 Å². The number of hydrogen-bond donors (Lipinski definition) is 2. The number of aliphatic imine (C=N–C) groups is 1. The van der Waals surface area contributed by atoms with Crippen molar-refractivity contribution in [2.45, 2.75) is 19.4 Å². The molecule has 0 aliphatic carbocycles. The Bertz CT molecular complexity index is 764. The second-order valence-corrected chi connectivity index (χ2v) is 6.25. The molecule has 2 aromatic carbocycles. The Hall–Kier alpha value is -2.89. The third kappa shape index (κ3) is 5.54. The van der Waals surface area contributed by atoms with Gasteiger partial charge in [0.15, 0.2) is 23.6 Å². The van der Waals surface area contributed by atoms with Gasteiger partial charge < -0.3 is 24.8 Å². The summed E-state index contributed by atoms with van der Waals surface area (Å²) in [6.45, 7) is 4.67. The predicted octanol–water partition coefficient (Wildman–Crippen LogP) is 2.63. The summed E-state index contributed by atoms with van der Waals surface area (Å²) >= 11 is 0. The maximum atomic E-state index is 5.96. The molecule has 0 aromatic heterocycles. The van der Waals surface area contributed by atoms with Crippen LogP contribution in [0.5, 0.6) is 17.2 Å². The molecule has 1 atom stereocenters. The Morgan fingerprint density at radius 3 is 2.81 bits per heavy atom. The lowest BCUT2D eigenvalue weighted by atomic mass is 10.1. The topological polar surface area (TPSA) is 64.1 Å². The summed E-state index contributed by atoms with van der Waals surface area (Å²) in [5, 5.41) is 6.64.